The molecule has 1 amide bonds. The first-order valence-electron chi connectivity index (χ1n) is 6.90. The van der Waals surface area contributed by atoms with Crippen LogP contribution < -0.4 is 5.32 Å². The maximum Gasteiger partial charge on any atom is 0.274 e. The number of carbonyl (C=O) groups is 1. The van der Waals surface area contributed by atoms with E-state index in [1.54, 1.807) is 19.1 Å². The van der Waals surface area contributed by atoms with Crippen LogP contribution in [0, 0.1) is 17.0 Å². The Balaban J connectivity index is 1.67. The molecule has 0 bridgehead atoms. The van der Waals surface area contributed by atoms with Crippen LogP contribution in [0.1, 0.15) is 5.56 Å². The molecule has 0 atom stereocenters. The Kier molecular flexibility index (Phi) is 4.72. The van der Waals surface area contributed by atoms with Crippen LogP contribution in [0.25, 0.3) is 10.2 Å². The van der Waals surface area contributed by atoms with Crippen molar-refractivity contribution in [2.75, 3.05) is 11.1 Å². The van der Waals surface area contributed by atoms with Gasteiger partial charge in [-0.3, -0.25) is 14.9 Å². The normalized spacial score (nSPS) is 10.7. The summed E-state index contributed by atoms with van der Waals surface area (Å²) in [6, 6.07) is 6.52. The zero-order valence-corrected chi connectivity index (χ0v) is 14.2. The molecule has 0 aliphatic heterocycles. The molecule has 0 saturated heterocycles. The van der Waals surface area contributed by atoms with Gasteiger partial charge in [0.25, 0.3) is 5.69 Å². The fraction of sp³-hybridized carbons (Fsp3) is 0.133. The molecule has 3 rings (SSSR count). The number of anilines is 1. The summed E-state index contributed by atoms with van der Waals surface area (Å²) in [6.07, 6.45) is 1.47. The van der Waals surface area contributed by atoms with Crippen LogP contribution in [0.4, 0.5) is 11.4 Å². The average molecular weight is 360 g/mol. The van der Waals surface area contributed by atoms with Gasteiger partial charge < -0.3 is 5.32 Å². The average Bonchev–Trinajstić information content (AvgIpc) is 3.03. The Morgan fingerprint density at radius 1 is 1.38 bits per heavy atom. The number of nitro groups is 1. The maximum absolute atomic E-state index is 12.1. The molecule has 24 heavy (non-hydrogen) atoms. The summed E-state index contributed by atoms with van der Waals surface area (Å²) in [4.78, 5) is 30.9. The predicted octanol–water partition coefficient (Wildman–Crippen LogP) is 3.64. The highest BCUT2D eigenvalue weighted by molar-refractivity contribution is 8.00. The molecule has 2 heterocycles. The Bertz CT molecular complexity index is 926. The van der Waals surface area contributed by atoms with E-state index in [4.69, 9.17) is 0 Å². The van der Waals surface area contributed by atoms with Gasteiger partial charge in [0.05, 0.1) is 20.9 Å². The molecule has 0 aliphatic carbocycles. The number of amides is 1. The van der Waals surface area contributed by atoms with Crippen molar-refractivity contribution in [3.05, 3.63) is 51.7 Å². The minimum atomic E-state index is -0.464. The topological polar surface area (TPSA) is 98.0 Å². The molecule has 0 radical (unpaired) electrons. The molecule has 1 aromatic carbocycles. The molecular formula is C15H12N4O3S2. The molecule has 0 saturated carbocycles. The quantitative estimate of drug-likeness (QED) is 0.323. The van der Waals surface area contributed by atoms with Crippen molar-refractivity contribution < 1.29 is 9.72 Å². The van der Waals surface area contributed by atoms with Crippen LogP contribution in [0.5, 0.6) is 0 Å². The third-order valence-corrected chi connectivity index (χ3v) is 5.27. The van der Waals surface area contributed by atoms with Gasteiger partial charge in [-0.2, -0.15) is 0 Å². The van der Waals surface area contributed by atoms with Crippen LogP contribution in [-0.2, 0) is 4.79 Å². The van der Waals surface area contributed by atoms with E-state index < -0.39 is 4.92 Å². The number of thiophene rings is 1. The molecule has 0 fully saturated rings. The second kappa shape index (κ2) is 6.93. The zero-order valence-electron chi connectivity index (χ0n) is 12.6. The fourth-order valence-corrected chi connectivity index (χ4v) is 3.83. The summed E-state index contributed by atoms with van der Waals surface area (Å²) in [6.45, 7) is 1.65. The summed E-state index contributed by atoms with van der Waals surface area (Å²) < 4.78 is 0.946. The van der Waals surface area contributed by atoms with E-state index in [1.807, 2.05) is 11.4 Å². The maximum atomic E-state index is 12.1. The molecule has 122 valence electrons. The van der Waals surface area contributed by atoms with Crippen LogP contribution in [0.3, 0.4) is 0 Å². The molecular weight excluding hydrogens is 348 g/mol. The van der Waals surface area contributed by atoms with Gasteiger partial charge in [0.2, 0.25) is 5.91 Å². The molecule has 7 nitrogen and oxygen atoms in total. The van der Waals surface area contributed by atoms with Crippen LogP contribution in [0.2, 0.25) is 0 Å². The van der Waals surface area contributed by atoms with Crippen LogP contribution in [-0.4, -0.2) is 26.6 Å². The lowest BCUT2D eigenvalue weighted by Crippen LogP contribution is -2.14. The first kappa shape index (κ1) is 16.3. The molecule has 3 aromatic rings. The Morgan fingerprint density at radius 2 is 2.21 bits per heavy atom. The number of benzene rings is 1. The largest absolute Gasteiger partial charge is 0.325 e. The number of thioether (sulfide) groups is 1. The highest BCUT2D eigenvalue weighted by Crippen LogP contribution is 2.29. The number of nitro benzene ring substituents is 1. The monoisotopic (exact) mass is 360 g/mol. The Hall–Kier alpha value is -2.52. The summed E-state index contributed by atoms with van der Waals surface area (Å²) in [7, 11) is 0. The third-order valence-electron chi connectivity index (χ3n) is 3.24. The number of hydrogen-bond acceptors (Lipinski definition) is 7. The molecule has 0 aliphatic rings. The number of aromatic nitrogens is 2. The second-order valence-corrected chi connectivity index (χ2v) is 6.79. The minimum absolute atomic E-state index is 0.0171. The van der Waals surface area contributed by atoms with Gasteiger partial charge in [0.15, 0.2) is 0 Å². The van der Waals surface area contributed by atoms with Crippen molar-refractivity contribution in [3.63, 3.8) is 0 Å². The fourth-order valence-electron chi connectivity index (χ4n) is 2.08. The van der Waals surface area contributed by atoms with Gasteiger partial charge in [-0.25, -0.2) is 9.97 Å². The van der Waals surface area contributed by atoms with E-state index in [1.165, 1.54) is 35.5 Å². The van der Waals surface area contributed by atoms with Crippen molar-refractivity contribution in [1.82, 2.24) is 9.97 Å². The molecule has 0 unspecified atom stereocenters. The van der Waals surface area contributed by atoms with Gasteiger partial charge in [-0.05, 0) is 24.4 Å². The lowest BCUT2D eigenvalue weighted by molar-refractivity contribution is -0.385. The van der Waals surface area contributed by atoms with E-state index in [9.17, 15) is 14.9 Å². The number of aryl methyl sites for hydroxylation is 1. The number of nitrogens with one attached hydrogen (secondary N) is 1. The summed E-state index contributed by atoms with van der Waals surface area (Å²) in [5, 5.41) is 16.3. The van der Waals surface area contributed by atoms with Crippen molar-refractivity contribution in [2.24, 2.45) is 0 Å². The lowest BCUT2D eigenvalue weighted by Gasteiger charge is -2.06. The van der Waals surface area contributed by atoms with Gasteiger partial charge in [0, 0.05) is 17.3 Å². The molecule has 2 aromatic heterocycles. The van der Waals surface area contributed by atoms with E-state index >= 15 is 0 Å². The van der Waals surface area contributed by atoms with E-state index in [-0.39, 0.29) is 17.3 Å². The van der Waals surface area contributed by atoms with Crippen LogP contribution >= 0.6 is 23.1 Å². The number of carbonyl (C=O) groups excluding carboxylic acids is 1. The standard InChI is InChI=1S/C15H12N4O3S2/c1-9-2-3-10(6-12(9)19(21)22)18-13(20)7-24-15-14-11(4-5-23-14)16-8-17-15/h2-6,8H,7H2,1H3,(H,18,20). The zero-order chi connectivity index (χ0) is 17.1. The molecule has 9 heteroatoms. The van der Waals surface area contributed by atoms with E-state index in [0.29, 0.717) is 11.3 Å². The number of hydrogen-bond donors (Lipinski definition) is 1. The van der Waals surface area contributed by atoms with Gasteiger partial charge >= 0.3 is 0 Å². The van der Waals surface area contributed by atoms with E-state index in [2.05, 4.69) is 15.3 Å². The van der Waals surface area contributed by atoms with Crippen LogP contribution in [0.15, 0.2) is 41.0 Å². The minimum Gasteiger partial charge on any atom is -0.325 e. The van der Waals surface area contributed by atoms with Crippen molar-refractivity contribution >= 4 is 50.6 Å². The predicted molar refractivity (Wildman–Crippen MR) is 94.6 cm³/mol. The van der Waals surface area contributed by atoms with Gasteiger partial charge in [-0.1, -0.05) is 17.8 Å². The third kappa shape index (κ3) is 3.52. The lowest BCUT2D eigenvalue weighted by atomic mass is 10.2. The smallest absolute Gasteiger partial charge is 0.274 e. The van der Waals surface area contributed by atoms with Crippen molar-refractivity contribution in [3.8, 4) is 0 Å². The first-order valence-corrected chi connectivity index (χ1v) is 8.77. The second-order valence-electron chi connectivity index (χ2n) is 4.91. The van der Waals surface area contributed by atoms with Gasteiger partial charge in [-0.15, -0.1) is 11.3 Å². The highest BCUT2D eigenvalue weighted by atomic mass is 32.2. The first-order chi connectivity index (χ1) is 11.5. The van der Waals surface area contributed by atoms with Gasteiger partial charge in [0.1, 0.15) is 11.4 Å². The van der Waals surface area contributed by atoms with E-state index in [0.717, 1.165) is 15.2 Å². The number of fused-ring (bicyclic) bond motifs is 1. The summed E-state index contributed by atoms with van der Waals surface area (Å²) in [5.74, 6) is -0.0902. The summed E-state index contributed by atoms with van der Waals surface area (Å²) >= 11 is 2.83. The number of rotatable bonds is 5. The Morgan fingerprint density at radius 3 is 3.00 bits per heavy atom. The molecule has 1 N–H and O–H groups in total. The number of nitrogens with zero attached hydrogens (tertiary/aromatic N) is 3. The summed E-state index contributed by atoms with van der Waals surface area (Å²) in [5.41, 5.74) is 1.79. The highest BCUT2D eigenvalue weighted by Gasteiger charge is 2.13. The van der Waals surface area contributed by atoms with Crippen molar-refractivity contribution in [1.29, 1.82) is 0 Å². The Labute approximate surface area is 145 Å². The van der Waals surface area contributed by atoms with Crippen molar-refractivity contribution in [2.45, 2.75) is 11.9 Å². The SMILES string of the molecule is Cc1ccc(NC(=O)CSc2ncnc3ccsc23)cc1[N+](=O)[O-]. The molecule has 0 spiro atoms.